The van der Waals surface area contributed by atoms with Crippen LogP contribution in [0.25, 0.3) is 10.9 Å². The number of benzene rings is 3. The summed E-state index contributed by atoms with van der Waals surface area (Å²) >= 11 is 9.42. The molecule has 232 valence electrons. The molecule has 0 spiro atoms. The Kier molecular flexibility index (Phi) is 10.4. The van der Waals surface area contributed by atoms with Crippen molar-refractivity contribution >= 4 is 62.0 Å². The molecule has 0 saturated heterocycles. The molecule has 0 aliphatic heterocycles. The highest BCUT2D eigenvalue weighted by atomic mass is 79.9. The van der Waals surface area contributed by atoms with Gasteiger partial charge in [0.15, 0.2) is 0 Å². The number of carbonyl (C=O) groups is 3. The molecule has 0 aliphatic carbocycles. The van der Waals surface area contributed by atoms with E-state index in [2.05, 4.69) is 21.2 Å². The summed E-state index contributed by atoms with van der Waals surface area (Å²) in [6.07, 6.45) is -0.0978. The number of ether oxygens (including phenoxy) is 3. The van der Waals surface area contributed by atoms with Gasteiger partial charge in [-0.3, -0.25) is 14.2 Å². The lowest BCUT2D eigenvalue weighted by atomic mass is 10.1. The number of anilines is 1. The Morgan fingerprint density at radius 3 is 2.32 bits per heavy atom. The summed E-state index contributed by atoms with van der Waals surface area (Å²) in [5.74, 6) is -0.768. The maximum atomic E-state index is 13.5. The number of esters is 2. The standard InChI is InChI=1S/C33H35BrClN3O6/c1-19-25(26-16-24(42-5)10-11-28(26)38(19)31(40)20-6-8-23(35)9-7-20)17-29(39)43-12-13-44-32(41)21-14-22(18-37-33(2,3)4)30(36)27(34)15-21/h6-11,14-16,37H,12-13,17-18,36H2,1-5H3. The predicted octanol–water partition coefficient (Wildman–Crippen LogP) is 6.48. The van der Waals surface area contributed by atoms with E-state index in [1.165, 1.54) is 0 Å². The number of nitrogen functional groups attached to an aromatic ring is 1. The fourth-order valence-corrected chi connectivity index (χ4v) is 5.29. The maximum Gasteiger partial charge on any atom is 0.338 e. The molecule has 3 aromatic carbocycles. The molecule has 0 bridgehead atoms. The molecule has 11 heteroatoms. The minimum atomic E-state index is -0.564. The minimum Gasteiger partial charge on any atom is -0.497 e. The topological polar surface area (TPSA) is 122 Å². The van der Waals surface area contributed by atoms with Gasteiger partial charge in [-0.2, -0.15) is 0 Å². The van der Waals surface area contributed by atoms with Gasteiger partial charge in [-0.25, -0.2) is 4.79 Å². The van der Waals surface area contributed by atoms with E-state index in [0.29, 0.717) is 60.8 Å². The Morgan fingerprint density at radius 2 is 1.66 bits per heavy atom. The largest absolute Gasteiger partial charge is 0.497 e. The first kappa shape index (κ1) is 33.0. The van der Waals surface area contributed by atoms with E-state index >= 15 is 0 Å². The molecule has 0 saturated carbocycles. The van der Waals surface area contributed by atoms with E-state index in [1.807, 2.05) is 20.8 Å². The van der Waals surface area contributed by atoms with Gasteiger partial charge in [0.2, 0.25) is 0 Å². The normalized spacial score (nSPS) is 11.4. The first-order valence-electron chi connectivity index (χ1n) is 13.9. The van der Waals surface area contributed by atoms with E-state index in [1.54, 1.807) is 73.2 Å². The molecular weight excluding hydrogens is 650 g/mol. The van der Waals surface area contributed by atoms with Crippen LogP contribution in [0, 0.1) is 6.92 Å². The number of nitrogens with two attached hydrogens (primary N) is 1. The lowest BCUT2D eigenvalue weighted by molar-refractivity contribution is -0.143. The smallest absolute Gasteiger partial charge is 0.338 e. The highest BCUT2D eigenvalue weighted by molar-refractivity contribution is 9.10. The quantitative estimate of drug-likeness (QED) is 0.111. The summed E-state index contributed by atoms with van der Waals surface area (Å²) in [6.45, 7) is 8.09. The molecule has 0 fully saturated rings. The first-order chi connectivity index (χ1) is 20.8. The van der Waals surface area contributed by atoms with Crippen molar-refractivity contribution in [2.75, 3.05) is 26.1 Å². The summed E-state index contributed by atoms with van der Waals surface area (Å²) in [4.78, 5) is 39.2. The minimum absolute atomic E-state index is 0.0978. The van der Waals surface area contributed by atoms with E-state index in [-0.39, 0.29) is 31.1 Å². The first-order valence-corrected chi connectivity index (χ1v) is 15.1. The monoisotopic (exact) mass is 683 g/mol. The van der Waals surface area contributed by atoms with Crippen molar-refractivity contribution in [1.29, 1.82) is 0 Å². The van der Waals surface area contributed by atoms with E-state index in [9.17, 15) is 14.4 Å². The summed E-state index contributed by atoms with van der Waals surface area (Å²) in [5, 5.41) is 4.57. The molecule has 44 heavy (non-hydrogen) atoms. The molecular formula is C33H35BrClN3O6. The lowest BCUT2D eigenvalue weighted by Gasteiger charge is -2.21. The van der Waals surface area contributed by atoms with Crippen LogP contribution < -0.4 is 15.8 Å². The van der Waals surface area contributed by atoms with Crippen LogP contribution in [0.2, 0.25) is 5.02 Å². The second kappa shape index (κ2) is 13.8. The Balaban J connectivity index is 1.43. The molecule has 3 N–H and O–H groups in total. The molecule has 0 amide bonds. The maximum absolute atomic E-state index is 13.5. The lowest BCUT2D eigenvalue weighted by Crippen LogP contribution is -2.35. The van der Waals surface area contributed by atoms with Crippen molar-refractivity contribution in [3.8, 4) is 5.75 Å². The number of halogens is 2. The highest BCUT2D eigenvalue weighted by Gasteiger charge is 2.23. The fourth-order valence-electron chi connectivity index (χ4n) is 4.66. The van der Waals surface area contributed by atoms with Gasteiger partial charge < -0.3 is 25.3 Å². The number of rotatable bonds is 10. The molecule has 9 nitrogen and oxygen atoms in total. The number of hydrogen-bond donors (Lipinski definition) is 2. The Bertz CT molecular complexity index is 1710. The van der Waals surface area contributed by atoms with Crippen molar-refractivity contribution in [1.82, 2.24) is 9.88 Å². The number of nitrogens with zero attached hydrogens (tertiary/aromatic N) is 1. The Hall–Kier alpha value is -3.86. The number of carbonyl (C=O) groups excluding carboxylic acids is 3. The van der Waals surface area contributed by atoms with Gasteiger partial charge >= 0.3 is 11.9 Å². The van der Waals surface area contributed by atoms with Crippen LogP contribution in [0.3, 0.4) is 0 Å². The summed E-state index contributed by atoms with van der Waals surface area (Å²) < 4.78 is 18.3. The highest BCUT2D eigenvalue weighted by Crippen LogP contribution is 2.31. The molecule has 0 radical (unpaired) electrons. The van der Waals surface area contributed by atoms with Crippen LogP contribution in [0.4, 0.5) is 5.69 Å². The average molecular weight is 685 g/mol. The summed E-state index contributed by atoms with van der Waals surface area (Å²) in [5.41, 5.74) is 9.98. The SMILES string of the molecule is COc1ccc2c(c1)c(CC(=O)OCCOC(=O)c1cc(Br)c(N)c(CNC(C)(C)C)c1)c(C)n2C(=O)c1ccc(Cl)cc1. The van der Waals surface area contributed by atoms with Crippen molar-refractivity contribution in [3.63, 3.8) is 0 Å². The third-order valence-corrected chi connectivity index (χ3v) is 7.90. The molecule has 4 aromatic rings. The van der Waals surface area contributed by atoms with Gasteiger partial charge in [0.25, 0.3) is 5.91 Å². The van der Waals surface area contributed by atoms with Crippen LogP contribution in [-0.4, -0.2) is 48.3 Å². The number of fused-ring (bicyclic) bond motifs is 1. The van der Waals surface area contributed by atoms with Crippen molar-refractivity contribution in [3.05, 3.63) is 92.0 Å². The zero-order chi connectivity index (χ0) is 32.2. The van der Waals surface area contributed by atoms with Crippen molar-refractivity contribution in [2.45, 2.75) is 46.2 Å². The molecule has 0 atom stereocenters. The second-order valence-corrected chi connectivity index (χ2v) is 12.6. The number of hydrogen-bond acceptors (Lipinski definition) is 8. The van der Waals surface area contributed by atoms with Gasteiger partial charge in [-0.1, -0.05) is 11.6 Å². The van der Waals surface area contributed by atoms with Crippen molar-refractivity contribution in [2.24, 2.45) is 0 Å². The Morgan fingerprint density at radius 1 is 0.977 bits per heavy atom. The number of methoxy groups -OCH3 is 1. The summed E-state index contributed by atoms with van der Waals surface area (Å²) in [7, 11) is 1.55. The number of nitrogens with one attached hydrogen (secondary N) is 1. The van der Waals surface area contributed by atoms with Crippen LogP contribution in [-0.2, 0) is 27.2 Å². The zero-order valence-corrected chi connectivity index (χ0v) is 27.6. The molecule has 0 unspecified atom stereocenters. The van der Waals surface area contributed by atoms with Gasteiger partial charge in [-0.05, 0) is 109 Å². The van der Waals surface area contributed by atoms with Crippen LogP contribution in [0.1, 0.15) is 58.3 Å². The third kappa shape index (κ3) is 7.80. The van der Waals surface area contributed by atoms with E-state index < -0.39 is 11.9 Å². The number of aromatic nitrogens is 1. The second-order valence-electron chi connectivity index (χ2n) is 11.3. The zero-order valence-electron chi connectivity index (χ0n) is 25.3. The molecule has 1 aromatic heterocycles. The van der Waals surface area contributed by atoms with Crippen LogP contribution in [0.5, 0.6) is 5.75 Å². The molecule has 1 heterocycles. The average Bonchev–Trinajstić information content (AvgIpc) is 3.25. The fraction of sp³-hybridized carbons (Fsp3) is 0.303. The summed E-state index contributed by atoms with van der Waals surface area (Å²) in [6, 6.07) is 15.2. The van der Waals surface area contributed by atoms with Crippen LogP contribution >= 0.6 is 27.5 Å². The van der Waals surface area contributed by atoms with Gasteiger partial charge in [0.1, 0.15) is 19.0 Å². The van der Waals surface area contributed by atoms with Crippen molar-refractivity contribution < 1.29 is 28.6 Å². The van der Waals surface area contributed by atoms with E-state index in [0.717, 1.165) is 5.56 Å². The molecule has 4 rings (SSSR count). The van der Waals surface area contributed by atoms with Gasteiger partial charge in [-0.15, -0.1) is 0 Å². The van der Waals surface area contributed by atoms with Crippen LogP contribution in [0.15, 0.2) is 59.1 Å². The van der Waals surface area contributed by atoms with E-state index in [4.69, 9.17) is 31.5 Å². The third-order valence-electron chi connectivity index (χ3n) is 7.00. The predicted molar refractivity (Wildman–Crippen MR) is 175 cm³/mol. The van der Waals surface area contributed by atoms with Gasteiger partial charge in [0.05, 0.1) is 30.3 Å². The van der Waals surface area contributed by atoms with Gasteiger partial charge in [0, 0.05) is 38.2 Å². The Labute approximate surface area is 269 Å². The molecule has 0 aliphatic rings.